The van der Waals surface area contributed by atoms with Crippen molar-refractivity contribution in [2.24, 2.45) is 0 Å². The molecule has 0 radical (unpaired) electrons. The summed E-state index contributed by atoms with van der Waals surface area (Å²) < 4.78 is 10.5. The van der Waals surface area contributed by atoms with Gasteiger partial charge in [0.1, 0.15) is 18.2 Å². The highest BCUT2D eigenvalue weighted by Crippen LogP contribution is 2.09. The molecule has 2 rings (SSSR count). The summed E-state index contributed by atoms with van der Waals surface area (Å²) in [7, 11) is 1.44. The summed E-state index contributed by atoms with van der Waals surface area (Å²) in [5.74, 6) is -2.89. The fraction of sp³-hybridized carbons (Fsp3) is 0.455. The van der Waals surface area contributed by atoms with E-state index in [0.29, 0.717) is 12.8 Å². The molecule has 2 atom stereocenters. The van der Waals surface area contributed by atoms with Crippen LogP contribution in [0.2, 0.25) is 0 Å². The Kier molecular flexibility index (Phi) is 15.7. The monoisotopic (exact) mass is 639 g/mol. The zero-order valence-corrected chi connectivity index (χ0v) is 26.9. The molecule has 5 N–H and O–H groups in total. The molecule has 0 aliphatic rings. The third-order valence-corrected chi connectivity index (χ3v) is 6.50. The number of carbonyl (C=O) groups excluding carboxylic acids is 6. The van der Waals surface area contributed by atoms with Gasteiger partial charge in [-0.25, -0.2) is 9.59 Å². The summed E-state index contributed by atoms with van der Waals surface area (Å²) in [6.45, 7) is 5.54. The normalized spacial score (nSPS) is 12.1. The van der Waals surface area contributed by atoms with Gasteiger partial charge in [0.25, 0.3) is 5.91 Å². The van der Waals surface area contributed by atoms with Crippen LogP contribution in [0.25, 0.3) is 0 Å². The van der Waals surface area contributed by atoms with Crippen LogP contribution >= 0.6 is 0 Å². The molecule has 250 valence electrons. The van der Waals surface area contributed by atoms with Gasteiger partial charge in [0, 0.05) is 26.6 Å². The van der Waals surface area contributed by atoms with Gasteiger partial charge < -0.3 is 36.1 Å². The second kappa shape index (κ2) is 19.4. The number of benzene rings is 2. The minimum absolute atomic E-state index is 0.0452. The van der Waals surface area contributed by atoms with Crippen molar-refractivity contribution in [2.45, 2.75) is 83.7 Å². The molecule has 0 unspecified atom stereocenters. The number of hydrogen-bond donors (Lipinski definition) is 5. The Morgan fingerprint density at radius 1 is 0.739 bits per heavy atom. The van der Waals surface area contributed by atoms with Crippen LogP contribution in [0.5, 0.6) is 0 Å². The van der Waals surface area contributed by atoms with Crippen LogP contribution in [-0.4, -0.2) is 67.0 Å². The minimum Gasteiger partial charge on any atom is -0.445 e. The predicted octanol–water partition coefficient (Wildman–Crippen LogP) is 2.87. The Morgan fingerprint density at radius 3 is 1.98 bits per heavy atom. The molecule has 0 aliphatic carbocycles. The molecule has 46 heavy (non-hydrogen) atoms. The maximum Gasteiger partial charge on any atom is 0.408 e. The lowest BCUT2D eigenvalue weighted by molar-refractivity contribution is -0.140. The van der Waals surface area contributed by atoms with Gasteiger partial charge >= 0.3 is 12.2 Å². The van der Waals surface area contributed by atoms with E-state index in [9.17, 15) is 28.8 Å². The molecule has 0 aromatic heterocycles. The van der Waals surface area contributed by atoms with Crippen LogP contribution in [0.4, 0.5) is 9.59 Å². The van der Waals surface area contributed by atoms with Gasteiger partial charge in [0.2, 0.25) is 17.6 Å². The largest absolute Gasteiger partial charge is 0.445 e. The summed E-state index contributed by atoms with van der Waals surface area (Å²) in [5.41, 5.74) is 0.859. The molecule has 0 aliphatic heterocycles. The summed E-state index contributed by atoms with van der Waals surface area (Å²) in [6, 6.07) is 15.5. The Hall–Kier alpha value is -4.94. The smallest absolute Gasteiger partial charge is 0.408 e. The fourth-order valence-corrected chi connectivity index (χ4v) is 4.12. The number of carbonyl (C=O) groups is 6. The molecular formula is C33H45N5O8. The lowest BCUT2D eigenvalue weighted by Gasteiger charge is -2.23. The summed E-state index contributed by atoms with van der Waals surface area (Å²) in [5, 5.41) is 12.7. The lowest BCUT2D eigenvalue weighted by Crippen LogP contribution is -2.54. The van der Waals surface area contributed by atoms with Crippen LogP contribution in [-0.2, 0) is 41.8 Å². The van der Waals surface area contributed by atoms with Crippen molar-refractivity contribution in [1.82, 2.24) is 26.6 Å². The first-order chi connectivity index (χ1) is 21.9. The van der Waals surface area contributed by atoms with Gasteiger partial charge in [-0.2, -0.15) is 0 Å². The molecule has 0 heterocycles. The summed E-state index contributed by atoms with van der Waals surface area (Å²) in [6.07, 6.45) is -0.814. The molecule has 0 saturated heterocycles. The van der Waals surface area contributed by atoms with Crippen LogP contribution in [0.15, 0.2) is 60.7 Å². The van der Waals surface area contributed by atoms with Gasteiger partial charge in [0.05, 0.1) is 6.04 Å². The van der Waals surface area contributed by atoms with Gasteiger partial charge in [-0.05, 0) is 57.6 Å². The van der Waals surface area contributed by atoms with Crippen LogP contribution in [0.3, 0.4) is 0 Å². The van der Waals surface area contributed by atoms with Crippen molar-refractivity contribution in [3.63, 3.8) is 0 Å². The van der Waals surface area contributed by atoms with Gasteiger partial charge in [0.15, 0.2) is 0 Å². The Balaban J connectivity index is 2.09. The summed E-state index contributed by atoms with van der Waals surface area (Å²) >= 11 is 0. The minimum atomic E-state index is -1.24. The quantitative estimate of drug-likeness (QED) is 0.129. The number of unbranched alkanes of at least 4 members (excludes halogenated alkanes) is 1. The van der Waals surface area contributed by atoms with Crippen LogP contribution in [0, 0.1) is 0 Å². The van der Waals surface area contributed by atoms with Gasteiger partial charge in [-0.3, -0.25) is 19.2 Å². The topological polar surface area (TPSA) is 181 Å². The van der Waals surface area contributed by atoms with E-state index in [1.807, 2.05) is 12.1 Å². The molecule has 5 amide bonds. The van der Waals surface area contributed by atoms with Crippen molar-refractivity contribution >= 4 is 35.7 Å². The van der Waals surface area contributed by atoms with Crippen molar-refractivity contribution in [3.8, 4) is 0 Å². The number of amides is 5. The maximum absolute atomic E-state index is 13.4. The molecule has 13 heteroatoms. The van der Waals surface area contributed by atoms with Crippen molar-refractivity contribution in [2.75, 3.05) is 13.6 Å². The first-order valence-electron chi connectivity index (χ1n) is 15.2. The molecular weight excluding hydrogens is 594 g/mol. The van der Waals surface area contributed by atoms with E-state index < -0.39 is 47.5 Å². The molecule has 2 aromatic carbocycles. The molecule has 0 spiro atoms. The van der Waals surface area contributed by atoms with E-state index >= 15 is 0 Å². The van der Waals surface area contributed by atoms with Gasteiger partial charge in [-0.15, -0.1) is 0 Å². The Labute approximate surface area is 269 Å². The highest BCUT2D eigenvalue weighted by Gasteiger charge is 2.30. The SMILES string of the molecule is CNC(=O)CC[C@H](NC(=O)OCc1ccccc1)C(=O)N[C@@H](CCCCNC(=O)OC(C)(C)C)C(=O)C(=O)NCc1ccccc1. The number of rotatable bonds is 17. The maximum atomic E-state index is 13.4. The highest BCUT2D eigenvalue weighted by atomic mass is 16.6. The lowest BCUT2D eigenvalue weighted by atomic mass is 10.0. The highest BCUT2D eigenvalue weighted by molar-refractivity contribution is 6.38. The van der Waals surface area contributed by atoms with E-state index in [0.717, 1.165) is 11.1 Å². The number of hydrogen-bond acceptors (Lipinski definition) is 8. The molecule has 13 nitrogen and oxygen atoms in total. The third-order valence-electron chi connectivity index (χ3n) is 6.50. The predicted molar refractivity (Wildman–Crippen MR) is 170 cm³/mol. The zero-order valence-electron chi connectivity index (χ0n) is 26.9. The van der Waals surface area contributed by atoms with Crippen molar-refractivity contribution in [1.29, 1.82) is 0 Å². The Morgan fingerprint density at radius 2 is 1.37 bits per heavy atom. The zero-order chi connectivity index (χ0) is 34.0. The Bertz CT molecular complexity index is 1300. The van der Waals surface area contributed by atoms with E-state index in [2.05, 4.69) is 26.6 Å². The number of nitrogens with one attached hydrogen (secondary N) is 5. The van der Waals surface area contributed by atoms with E-state index in [4.69, 9.17) is 9.47 Å². The average Bonchev–Trinajstić information content (AvgIpc) is 3.03. The average molecular weight is 640 g/mol. The molecule has 0 fully saturated rings. The van der Waals surface area contributed by atoms with Gasteiger partial charge in [-0.1, -0.05) is 60.7 Å². The third kappa shape index (κ3) is 15.2. The van der Waals surface area contributed by atoms with E-state index in [-0.39, 0.29) is 44.9 Å². The van der Waals surface area contributed by atoms with Crippen molar-refractivity contribution in [3.05, 3.63) is 71.8 Å². The molecule has 2 aromatic rings. The summed E-state index contributed by atoms with van der Waals surface area (Å²) in [4.78, 5) is 76.0. The first-order valence-corrected chi connectivity index (χ1v) is 15.2. The second-order valence-electron chi connectivity index (χ2n) is 11.5. The number of ether oxygens (including phenoxy) is 2. The number of Topliss-reactive ketones (excluding diaryl/α,β-unsaturated/α-hetero) is 1. The van der Waals surface area contributed by atoms with Crippen LogP contribution in [0.1, 0.15) is 64.0 Å². The van der Waals surface area contributed by atoms with Crippen LogP contribution < -0.4 is 26.6 Å². The van der Waals surface area contributed by atoms with E-state index in [1.54, 1.807) is 69.3 Å². The molecule has 0 saturated carbocycles. The number of ketones is 1. The second-order valence-corrected chi connectivity index (χ2v) is 11.5. The van der Waals surface area contributed by atoms with E-state index in [1.165, 1.54) is 7.05 Å². The standard InChI is InChI=1S/C33H45N5O8/c1-33(2,3)46-31(43)35-20-12-11-17-25(28(40)30(42)36-21-23-13-7-5-8-14-23)37-29(41)26(18-19-27(39)34-4)38-32(44)45-22-24-15-9-6-10-16-24/h5-10,13-16,25-26H,11-12,17-22H2,1-4H3,(H,34,39)(H,35,43)(H,36,42)(H,37,41)(H,38,44)/t25-,26-/m0/s1. The van der Waals surface area contributed by atoms with Crippen molar-refractivity contribution < 1.29 is 38.2 Å². The molecule has 0 bridgehead atoms. The first kappa shape index (κ1) is 37.2. The fourth-order valence-electron chi connectivity index (χ4n) is 4.12. The number of alkyl carbamates (subject to hydrolysis) is 2.